The third-order valence-corrected chi connectivity index (χ3v) is 18.6. The molecule has 7 nitrogen and oxygen atoms in total. The summed E-state index contributed by atoms with van der Waals surface area (Å²) in [6.45, 7) is 0. The van der Waals surface area contributed by atoms with Crippen LogP contribution in [-0.4, -0.2) is 23.0 Å². The Morgan fingerprint density at radius 3 is 1.15 bits per heavy atom. The Kier molecular flexibility index (Phi) is 10.4. The van der Waals surface area contributed by atoms with Crippen molar-refractivity contribution in [2.24, 2.45) is 0 Å². The van der Waals surface area contributed by atoms with Gasteiger partial charge in [0.25, 0.3) is 0 Å². The van der Waals surface area contributed by atoms with Gasteiger partial charge in [0, 0.05) is 59.7 Å². The predicted molar refractivity (Wildman–Crippen MR) is 292 cm³/mol. The number of fused-ring (bicyclic) bond motifs is 4. The van der Waals surface area contributed by atoms with Crippen LogP contribution < -0.4 is 40.2 Å². The number of pyridine rings is 3. The topological polar surface area (TPSA) is 57.6 Å². The average molecular weight is 929 g/mol. The summed E-state index contributed by atoms with van der Waals surface area (Å²) in [6, 6.07) is 86.9. The maximum atomic E-state index is 6.59. The third-order valence-electron chi connectivity index (χ3n) is 13.7. The average Bonchev–Trinajstić information content (AvgIpc) is 3.45. The first-order valence-corrected chi connectivity index (χ1v) is 25.8. The number of rotatable bonds is 9. The fraction of sp³-hybridized carbons (Fsp3) is 0. The van der Waals surface area contributed by atoms with E-state index in [0.29, 0.717) is 0 Å². The second-order valence-electron chi connectivity index (χ2n) is 17.7. The lowest BCUT2D eigenvalue weighted by molar-refractivity contribution is 0.476. The van der Waals surface area contributed by atoms with Crippen LogP contribution in [0.25, 0.3) is 22.3 Å². The van der Waals surface area contributed by atoms with E-state index in [9.17, 15) is 0 Å². The normalized spacial score (nSPS) is 13.0. The molecule has 0 radical (unpaired) electrons. The summed E-state index contributed by atoms with van der Waals surface area (Å²) >= 11 is 0. The minimum absolute atomic E-state index is 0.739. The Labute approximate surface area is 413 Å². The fourth-order valence-corrected chi connectivity index (χ4v) is 15.7. The molecule has 0 aliphatic carbocycles. The smallest absolute Gasteiger partial charge is 0.184 e. The highest BCUT2D eigenvalue weighted by atomic mass is 28.3. The van der Waals surface area contributed by atoms with Crippen LogP contribution in [-0.2, 0) is 0 Å². The second-order valence-corrected chi connectivity index (χ2v) is 21.4. The van der Waals surface area contributed by atoms with Crippen molar-refractivity contribution >= 4 is 80.3 Å². The summed E-state index contributed by atoms with van der Waals surface area (Å²) < 4.78 is 6.59. The van der Waals surface area contributed by atoms with Gasteiger partial charge < -0.3 is 9.64 Å². The van der Waals surface area contributed by atoms with Crippen molar-refractivity contribution in [3.8, 4) is 33.8 Å². The Balaban J connectivity index is 1.08. The third kappa shape index (κ3) is 7.16. The molecule has 13 rings (SSSR count). The van der Waals surface area contributed by atoms with Crippen LogP contribution in [0, 0.1) is 0 Å². The van der Waals surface area contributed by atoms with Crippen LogP contribution in [0.1, 0.15) is 0 Å². The van der Waals surface area contributed by atoms with E-state index in [2.05, 4.69) is 219 Å². The maximum Gasteiger partial charge on any atom is 0.184 e. The summed E-state index contributed by atoms with van der Waals surface area (Å²) in [5.74, 6) is 3.02. The highest BCUT2D eigenvalue weighted by molar-refractivity contribution is 7.21. The van der Waals surface area contributed by atoms with E-state index in [0.717, 1.165) is 85.2 Å². The second kappa shape index (κ2) is 17.6. The molecule has 0 amide bonds. The van der Waals surface area contributed by atoms with Gasteiger partial charge in [-0.15, -0.1) is 0 Å². The number of aromatic nitrogens is 3. The minimum Gasteiger partial charge on any atom is -0.453 e. The molecule has 8 aromatic carbocycles. The summed E-state index contributed by atoms with van der Waals surface area (Å²) in [7, 11) is -2.91. The van der Waals surface area contributed by atoms with E-state index in [1.807, 2.05) is 73.3 Å². The zero-order valence-corrected chi connectivity index (χ0v) is 39.5. The van der Waals surface area contributed by atoms with Crippen LogP contribution >= 0.6 is 0 Å². The van der Waals surface area contributed by atoms with Crippen molar-refractivity contribution < 1.29 is 4.74 Å². The van der Waals surface area contributed by atoms with E-state index in [4.69, 9.17) is 9.72 Å². The number of hydrogen-bond acceptors (Lipinski definition) is 7. The lowest BCUT2D eigenvalue weighted by atomic mass is 10.0. The summed E-state index contributed by atoms with van der Waals surface area (Å²) in [5.41, 5.74) is 11.3. The van der Waals surface area contributed by atoms with Crippen LogP contribution in [0.3, 0.4) is 0 Å². The molecule has 3 aromatic heterocycles. The van der Waals surface area contributed by atoms with E-state index < -0.39 is 8.07 Å². The number of benzene rings is 8. The molecule has 0 saturated carbocycles. The largest absolute Gasteiger partial charge is 0.453 e. The standard InChI is InChI=1S/C63H44N6OSi/c1-3-15-52(16-4-1)71(53-17-5-2-6-18-53)60-25-13-9-21-56(60)69(57-22-10-14-26-61(57)71)63-44-51(43-62(66-63)68-54-19-7-11-23-58(54)70-59-24-12-8-20-55(59)68)67(49-31-27-45(28-32-49)47-35-39-64-40-36-47)50-33-29-46(30-34-50)48-37-41-65-42-38-48/h1-44H. The van der Waals surface area contributed by atoms with Crippen molar-refractivity contribution in [2.75, 3.05) is 14.7 Å². The number of nitrogens with zero attached hydrogens (tertiary/aromatic N) is 6. The maximum absolute atomic E-state index is 6.59. The van der Waals surface area contributed by atoms with E-state index in [1.54, 1.807) is 0 Å². The molecule has 0 N–H and O–H groups in total. The van der Waals surface area contributed by atoms with Crippen LogP contribution in [0.4, 0.5) is 51.4 Å². The molecular formula is C63H44N6OSi. The number of para-hydroxylation sites is 6. The lowest BCUT2D eigenvalue weighted by Crippen LogP contribution is -2.77. The molecular weight excluding hydrogens is 885 g/mol. The van der Waals surface area contributed by atoms with Gasteiger partial charge in [-0.25, -0.2) is 4.98 Å². The Morgan fingerprint density at radius 2 is 0.704 bits per heavy atom. The monoisotopic (exact) mass is 928 g/mol. The van der Waals surface area contributed by atoms with Crippen LogP contribution in [0.2, 0.25) is 0 Å². The first-order chi connectivity index (χ1) is 35.2. The number of anilines is 9. The van der Waals surface area contributed by atoms with Gasteiger partial charge >= 0.3 is 0 Å². The molecule has 11 aromatic rings. The van der Waals surface area contributed by atoms with Gasteiger partial charge in [-0.1, -0.05) is 146 Å². The Hall–Kier alpha value is -9.37. The molecule has 5 heterocycles. The quantitative estimate of drug-likeness (QED) is 0.134. The predicted octanol–water partition coefficient (Wildman–Crippen LogP) is 13.4. The van der Waals surface area contributed by atoms with Gasteiger partial charge in [0.2, 0.25) is 0 Å². The highest BCUT2D eigenvalue weighted by Crippen LogP contribution is 2.52. The molecule has 0 fully saturated rings. The molecule has 71 heavy (non-hydrogen) atoms. The zero-order chi connectivity index (χ0) is 47.1. The van der Waals surface area contributed by atoms with Crippen molar-refractivity contribution in [1.82, 2.24) is 15.0 Å². The number of hydrogen-bond donors (Lipinski definition) is 0. The Morgan fingerprint density at radius 1 is 0.338 bits per heavy atom. The molecule has 0 spiro atoms. The molecule has 336 valence electrons. The van der Waals surface area contributed by atoms with E-state index in [-0.39, 0.29) is 0 Å². The van der Waals surface area contributed by atoms with Crippen LogP contribution in [0.15, 0.2) is 267 Å². The fourth-order valence-electron chi connectivity index (χ4n) is 10.6. The first kappa shape index (κ1) is 41.8. The summed E-state index contributed by atoms with van der Waals surface area (Å²) in [5, 5.41) is 5.24. The zero-order valence-electron chi connectivity index (χ0n) is 38.5. The van der Waals surface area contributed by atoms with Crippen molar-refractivity contribution in [1.29, 1.82) is 0 Å². The Bertz CT molecular complexity index is 3470. The van der Waals surface area contributed by atoms with Crippen molar-refractivity contribution in [3.63, 3.8) is 0 Å². The first-order valence-electron chi connectivity index (χ1n) is 23.8. The van der Waals surface area contributed by atoms with Gasteiger partial charge in [0.1, 0.15) is 11.6 Å². The lowest BCUT2D eigenvalue weighted by Gasteiger charge is -2.45. The van der Waals surface area contributed by atoms with Gasteiger partial charge in [0.05, 0.1) is 17.1 Å². The molecule has 2 aliphatic heterocycles. The molecule has 8 heteroatoms. The van der Waals surface area contributed by atoms with Gasteiger partial charge in [0.15, 0.2) is 19.6 Å². The molecule has 0 saturated heterocycles. The number of ether oxygens (including phenoxy) is 1. The highest BCUT2D eigenvalue weighted by Gasteiger charge is 2.49. The van der Waals surface area contributed by atoms with Crippen molar-refractivity contribution in [3.05, 3.63) is 267 Å². The summed E-state index contributed by atoms with van der Waals surface area (Å²) in [6.07, 6.45) is 7.35. The summed E-state index contributed by atoms with van der Waals surface area (Å²) in [4.78, 5) is 21.4. The molecule has 2 aliphatic rings. The molecule has 0 atom stereocenters. The van der Waals surface area contributed by atoms with Crippen molar-refractivity contribution in [2.45, 2.75) is 0 Å². The van der Waals surface area contributed by atoms with E-state index >= 15 is 0 Å². The molecule has 0 bridgehead atoms. The molecule has 0 unspecified atom stereocenters. The van der Waals surface area contributed by atoms with Gasteiger partial charge in [-0.3, -0.25) is 19.8 Å². The minimum atomic E-state index is -2.91. The van der Waals surface area contributed by atoms with Crippen LogP contribution in [0.5, 0.6) is 11.5 Å². The SMILES string of the molecule is c1ccc([Si]2(c3ccccc3)c3ccccc3N(c3cc(N(c4ccc(-c5ccncc5)cc4)c4ccc(-c5ccncc5)cc4)cc(N4c5ccccc5Oc5ccccc54)n3)c3ccccc32)cc1. The van der Waals surface area contributed by atoms with Gasteiger partial charge in [-0.2, -0.15) is 0 Å². The van der Waals surface area contributed by atoms with E-state index in [1.165, 1.54) is 20.7 Å². The van der Waals surface area contributed by atoms with Gasteiger partial charge in [-0.05, 0) is 128 Å².